The fourth-order valence-corrected chi connectivity index (χ4v) is 3.32. The topological polar surface area (TPSA) is 80.6 Å². The molecule has 0 saturated carbocycles. The zero-order valence-electron chi connectivity index (χ0n) is 19.0. The van der Waals surface area contributed by atoms with Crippen molar-refractivity contribution in [2.45, 2.75) is 20.5 Å². The van der Waals surface area contributed by atoms with Crippen molar-refractivity contribution in [1.29, 1.82) is 5.26 Å². The fraction of sp³-hybridized carbons (Fsp3) is 0.185. The Morgan fingerprint density at radius 2 is 1.65 bits per heavy atom. The van der Waals surface area contributed by atoms with Crippen LogP contribution in [0.4, 0.5) is 5.69 Å². The molecule has 1 N–H and O–H groups in total. The Balaban J connectivity index is 1.73. The van der Waals surface area contributed by atoms with Crippen LogP contribution in [0.5, 0.6) is 17.2 Å². The third-order valence-corrected chi connectivity index (χ3v) is 5.20. The second kappa shape index (κ2) is 12.5. The number of anilines is 1. The van der Waals surface area contributed by atoms with Crippen molar-refractivity contribution in [3.63, 3.8) is 0 Å². The van der Waals surface area contributed by atoms with Crippen LogP contribution in [0.1, 0.15) is 25.0 Å². The summed E-state index contributed by atoms with van der Waals surface area (Å²) in [5.41, 5.74) is 2.21. The van der Waals surface area contributed by atoms with Gasteiger partial charge >= 0.3 is 0 Å². The first-order valence-electron chi connectivity index (χ1n) is 10.8. The molecule has 3 aromatic rings. The predicted octanol–water partition coefficient (Wildman–Crippen LogP) is 6.37. The predicted molar refractivity (Wildman–Crippen MR) is 136 cm³/mol. The SMILES string of the molecule is CCOc1ccc(NC(=O)/C(C#N)=C\c2ccc(OCc3ccc(Br)cc3)c(OCC)c2)cc1. The minimum absolute atomic E-state index is 0.0279. The zero-order valence-corrected chi connectivity index (χ0v) is 20.6. The Bertz CT molecular complexity index is 1180. The lowest BCUT2D eigenvalue weighted by atomic mass is 10.1. The van der Waals surface area contributed by atoms with Gasteiger partial charge in [-0.25, -0.2) is 0 Å². The van der Waals surface area contributed by atoms with E-state index in [0.717, 1.165) is 10.0 Å². The maximum absolute atomic E-state index is 12.6. The average Bonchev–Trinajstić information content (AvgIpc) is 2.84. The number of amides is 1. The van der Waals surface area contributed by atoms with Gasteiger partial charge in [0.15, 0.2) is 11.5 Å². The fourth-order valence-electron chi connectivity index (χ4n) is 3.06. The van der Waals surface area contributed by atoms with Crippen LogP contribution in [0.3, 0.4) is 0 Å². The number of nitrogens with zero attached hydrogens (tertiary/aromatic N) is 1. The molecule has 0 unspecified atom stereocenters. The van der Waals surface area contributed by atoms with Crippen LogP contribution in [-0.4, -0.2) is 19.1 Å². The average molecular weight is 521 g/mol. The third-order valence-electron chi connectivity index (χ3n) is 4.67. The van der Waals surface area contributed by atoms with Gasteiger partial charge in [-0.15, -0.1) is 0 Å². The van der Waals surface area contributed by atoms with Gasteiger partial charge in [0.05, 0.1) is 13.2 Å². The molecule has 3 aromatic carbocycles. The molecule has 174 valence electrons. The number of nitrogens with one attached hydrogen (secondary N) is 1. The molecule has 0 radical (unpaired) electrons. The minimum atomic E-state index is -0.500. The molecule has 0 atom stereocenters. The highest BCUT2D eigenvalue weighted by molar-refractivity contribution is 9.10. The van der Waals surface area contributed by atoms with E-state index >= 15 is 0 Å². The maximum atomic E-state index is 12.6. The summed E-state index contributed by atoms with van der Waals surface area (Å²) in [5.74, 6) is 1.33. The molecule has 6 nitrogen and oxygen atoms in total. The highest BCUT2D eigenvalue weighted by atomic mass is 79.9. The zero-order chi connectivity index (χ0) is 24.3. The van der Waals surface area contributed by atoms with E-state index in [1.54, 1.807) is 42.5 Å². The molecular formula is C27H25BrN2O4. The van der Waals surface area contributed by atoms with Crippen molar-refractivity contribution >= 4 is 33.6 Å². The minimum Gasteiger partial charge on any atom is -0.494 e. The standard InChI is InChI=1S/C27H25BrN2O4/c1-3-32-24-12-10-23(11-13-24)30-27(31)21(17-29)15-20-7-14-25(26(16-20)33-4-2)34-18-19-5-8-22(28)9-6-19/h5-16H,3-4,18H2,1-2H3,(H,30,31)/b21-15-. The molecule has 0 aromatic heterocycles. The van der Waals surface area contributed by atoms with Crippen LogP contribution < -0.4 is 19.5 Å². The lowest BCUT2D eigenvalue weighted by molar-refractivity contribution is -0.112. The van der Waals surface area contributed by atoms with E-state index in [1.807, 2.05) is 44.2 Å². The van der Waals surface area contributed by atoms with Gasteiger partial charge in [-0.05, 0) is 79.6 Å². The molecule has 34 heavy (non-hydrogen) atoms. The number of hydrogen-bond acceptors (Lipinski definition) is 5. The summed E-state index contributed by atoms with van der Waals surface area (Å²) in [6.07, 6.45) is 1.52. The molecule has 0 spiro atoms. The van der Waals surface area contributed by atoms with E-state index < -0.39 is 5.91 Å². The van der Waals surface area contributed by atoms with Crippen LogP contribution in [0, 0.1) is 11.3 Å². The normalized spacial score (nSPS) is 10.8. The quantitative estimate of drug-likeness (QED) is 0.248. The van der Waals surface area contributed by atoms with Gasteiger partial charge in [-0.3, -0.25) is 4.79 Å². The second-order valence-electron chi connectivity index (χ2n) is 7.14. The summed E-state index contributed by atoms with van der Waals surface area (Å²) in [6, 6.07) is 22.1. The first-order valence-corrected chi connectivity index (χ1v) is 11.6. The van der Waals surface area contributed by atoms with Crippen LogP contribution in [0.2, 0.25) is 0 Å². The molecule has 0 heterocycles. The number of ether oxygens (including phenoxy) is 3. The first kappa shape index (κ1) is 24.9. The number of carbonyl (C=O) groups excluding carboxylic acids is 1. The van der Waals surface area contributed by atoms with E-state index in [4.69, 9.17) is 14.2 Å². The van der Waals surface area contributed by atoms with Gasteiger partial charge < -0.3 is 19.5 Å². The van der Waals surface area contributed by atoms with E-state index in [1.165, 1.54) is 6.08 Å². The molecule has 1 amide bonds. The Kier molecular flexibility index (Phi) is 9.12. The van der Waals surface area contributed by atoms with E-state index in [0.29, 0.717) is 48.3 Å². The summed E-state index contributed by atoms with van der Waals surface area (Å²) >= 11 is 3.42. The van der Waals surface area contributed by atoms with Crippen LogP contribution >= 0.6 is 15.9 Å². The van der Waals surface area contributed by atoms with Gasteiger partial charge in [0.1, 0.15) is 24.0 Å². The van der Waals surface area contributed by atoms with Gasteiger partial charge in [0, 0.05) is 10.2 Å². The Labute approximate surface area is 207 Å². The van der Waals surface area contributed by atoms with Crippen molar-refractivity contribution in [2.75, 3.05) is 18.5 Å². The molecule has 0 aliphatic carbocycles. The highest BCUT2D eigenvalue weighted by Gasteiger charge is 2.12. The molecule has 0 saturated heterocycles. The van der Waals surface area contributed by atoms with E-state index in [-0.39, 0.29) is 5.57 Å². The molecule has 0 fully saturated rings. The van der Waals surface area contributed by atoms with Crippen molar-refractivity contribution in [3.8, 4) is 23.3 Å². The van der Waals surface area contributed by atoms with Crippen molar-refractivity contribution in [1.82, 2.24) is 0 Å². The second-order valence-corrected chi connectivity index (χ2v) is 8.05. The summed E-state index contributed by atoms with van der Waals surface area (Å²) in [4.78, 5) is 12.6. The van der Waals surface area contributed by atoms with Crippen molar-refractivity contribution in [3.05, 3.63) is 87.9 Å². The smallest absolute Gasteiger partial charge is 0.266 e. The van der Waals surface area contributed by atoms with Crippen LogP contribution in [-0.2, 0) is 11.4 Å². The molecular weight excluding hydrogens is 496 g/mol. The van der Waals surface area contributed by atoms with Crippen molar-refractivity contribution in [2.24, 2.45) is 0 Å². The lowest BCUT2D eigenvalue weighted by Crippen LogP contribution is -2.13. The number of nitriles is 1. The number of carbonyl (C=O) groups is 1. The largest absolute Gasteiger partial charge is 0.494 e. The lowest BCUT2D eigenvalue weighted by Gasteiger charge is -2.13. The van der Waals surface area contributed by atoms with Gasteiger partial charge in [0.2, 0.25) is 0 Å². The Morgan fingerprint density at radius 3 is 2.29 bits per heavy atom. The molecule has 3 rings (SSSR count). The van der Waals surface area contributed by atoms with Crippen LogP contribution in [0.15, 0.2) is 76.8 Å². The summed E-state index contributed by atoms with van der Waals surface area (Å²) in [7, 11) is 0. The number of hydrogen-bond donors (Lipinski definition) is 1. The summed E-state index contributed by atoms with van der Waals surface area (Å²) < 4.78 is 18.1. The molecule has 0 aliphatic rings. The molecule has 0 bridgehead atoms. The van der Waals surface area contributed by atoms with Crippen molar-refractivity contribution < 1.29 is 19.0 Å². The highest BCUT2D eigenvalue weighted by Crippen LogP contribution is 2.30. The van der Waals surface area contributed by atoms with E-state index in [2.05, 4.69) is 21.2 Å². The number of halogens is 1. The third kappa shape index (κ3) is 7.12. The molecule has 0 aliphatic heterocycles. The van der Waals surface area contributed by atoms with Gasteiger partial charge in [-0.2, -0.15) is 5.26 Å². The maximum Gasteiger partial charge on any atom is 0.266 e. The number of rotatable bonds is 10. The molecule has 7 heteroatoms. The first-order chi connectivity index (χ1) is 16.5. The summed E-state index contributed by atoms with van der Waals surface area (Å²) in [6.45, 7) is 5.18. The summed E-state index contributed by atoms with van der Waals surface area (Å²) in [5, 5.41) is 12.3. The monoisotopic (exact) mass is 520 g/mol. The Hall–Kier alpha value is -3.76. The van der Waals surface area contributed by atoms with E-state index in [9.17, 15) is 10.1 Å². The van der Waals surface area contributed by atoms with Crippen LogP contribution in [0.25, 0.3) is 6.08 Å². The number of benzene rings is 3. The van der Waals surface area contributed by atoms with Gasteiger partial charge in [-0.1, -0.05) is 34.1 Å². The Morgan fingerprint density at radius 1 is 0.941 bits per heavy atom. The van der Waals surface area contributed by atoms with Gasteiger partial charge in [0.25, 0.3) is 5.91 Å².